The Labute approximate surface area is 135 Å². The van der Waals surface area contributed by atoms with Crippen molar-refractivity contribution in [1.29, 1.82) is 0 Å². The molecule has 0 fully saturated rings. The van der Waals surface area contributed by atoms with Gasteiger partial charge in [-0.2, -0.15) is 0 Å². The number of thiazole rings is 1. The Morgan fingerprint density at radius 1 is 1.32 bits per heavy atom. The van der Waals surface area contributed by atoms with Crippen LogP contribution in [0, 0.1) is 3.95 Å². The zero-order valence-corrected chi connectivity index (χ0v) is 13.2. The number of carbonyl (C=O) groups excluding carboxylic acids is 1. The van der Waals surface area contributed by atoms with Crippen LogP contribution in [0.1, 0.15) is 5.56 Å². The Morgan fingerprint density at radius 2 is 2.09 bits per heavy atom. The second kappa shape index (κ2) is 6.20. The topological polar surface area (TPSA) is 85.8 Å². The van der Waals surface area contributed by atoms with Crippen LogP contribution >= 0.6 is 23.6 Å². The summed E-state index contributed by atoms with van der Waals surface area (Å²) in [6.45, 7) is 0.718. The van der Waals surface area contributed by atoms with Crippen molar-refractivity contribution in [2.75, 3.05) is 5.32 Å². The van der Waals surface area contributed by atoms with Crippen LogP contribution in [-0.2, 0) is 13.0 Å². The van der Waals surface area contributed by atoms with Gasteiger partial charge < -0.3 is 10.3 Å². The third kappa shape index (κ3) is 2.97. The Balaban J connectivity index is 1.95. The predicted molar refractivity (Wildman–Crippen MR) is 89.6 cm³/mol. The predicted octanol–water partition coefficient (Wildman–Crippen LogP) is 2.96. The number of carbonyl (C=O) groups is 1. The van der Waals surface area contributed by atoms with Crippen LogP contribution in [-0.4, -0.2) is 20.6 Å². The number of hydrogen-bond donors (Lipinski definition) is 2. The van der Waals surface area contributed by atoms with Gasteiger partial charge in [0.25, 0.3) is 0 Å². The lowest BCUT2D eigenvalue weighted by Gasteiger charge is -2.05. The molecule has 1 aromatic carbocycles. The normalized spacial score (nSPS) is 10.7. The summed E-state index contributed by atoms with van der Waals surface area (Å²) in [6, 6.07) is 9.51. The molecule has 2 amide bonds. The molecule has 0 saturated heterocycles. The fourth-order valence-electron chi connectivity index (χ4n) is 2.17. The summed E-state index contributed by atoms with van der Waals surface area (Å²) in [5, 5.41) is 2.50. The first kappa shape index (κ1) is 14.6. The summed E-state index contributed by atoms with van der Waals surface area (Å²) in [5.41, 5.74) is 7.10. The third-order valence-corrected chi connectivity index (χ3v) is 4.60. The molecule has 0 aliphatic rings. The standard InChI is InChI=1S/C14H13N5OS2/c15-13(20)18-11-10-12(17-8-16-11)19(14(21)22-10)7-6-9-4-2-1-3-5-9/h1-5,8H,6-7H2,(H3,15,16,17,18,20). The quantitative estimate of drug-likeness (QED) is 0.720. The number of aromatic nitrogens is 3. The van der Waals surface area contributed by atoms with E-state index >= 15 is 0 Å². The Morgan fingerprint density at radius 3 is 2.82 bits per heavy atom. The van der Waals surface area contributed by atoms with E-state index in [1.54, 1.807) is 0 Å². The fraction of sp³-hybridized carbons (Fsp3) is 0.143. The van der Waals surface area contributed by atoms with Crippen molar-refractivity contribution < 1.29 is 4.79 Å². The van der Waals surface area contributed by atoms with E-state index in [2.05, 4.69) is 27.4 Å². The molecule has 8 heteroatoms. The van der Waals surface area contributed by atoms with Crippen LogP contribution in [0.15, 0.2) is 36.7 Å². The summed E-state index contributed by atoms with van der Waals surface area (Å²) >= 11 is 6.78. The molecule has 0 spiro atoms. The van der Waals surface area contributed by atoms with Gasteiger partial charge in [-0.3, -0.25) is 5.32 Å². The molecule has 0 unspecified atom stereocenters. The lowest BCUT2D eigenvalue weighted by Crippen LogP contribution is -2.20. The average Bonchev–Trinajstić information content (AvgIpc) is 2.82. The molecule has 0 aliphatic heterocycles. The average molecular weight is 331 g/mol. The van der Waals surface area contributed by atoms with Gasteiger partial charge in [0.1, 0.15) is 11.0 Å². The molecule has 22 heavy (non-hydrogen) atoms. The number of amides is 2. The van der Waals surface area contributed by atoms with Crippen LogP contribution < -0.4 is 11.1 Å². The zero-order valence-electron chi connectivity index (χ0n) is 11.5. The SMILES string of the molecule is NC(=O)Nc1ncnc2c1sc(=S)n2CCc1ccccc1. The van der Waals surface area contributed by atoms with Crippen molar-refractivity contribution in [3.05, 3.63) is 46.2 Å². The van der Waals surface area contributed by atoms with Crippen molar-refractivity contribution >= 4 is 45.8 Å². The van der Waals surface area contributed by atoms with Crippen LogP contribution in [0.3, 0.4) is 0 Å². The van der Waals surface area contributed by atoms with Crippen molar-refractivity contribution in [2.24, 2.45) is 5.73 Å². The van der Waals surface area contributed by atoms with Crippen LogP contribution in [0.2, 0.25) is 0 Å². The van der Waals surface area contributed by atoms with Crippen LogP contribution in [0.25, 0.3) is 10.3 Å². The van der Waals surface area contributed by atoms with E-state index < -0.39 is 6.03 Å². The fourth-order valence-corrected chi connectivity index (χ4v) is 3.51. The van der Waals surface area contributed by atoms with Crippen molar-refractivity contribution in [1.82, 2.24) is 14.5 Å². The largest absolute Gasteiger partial charge is 0.351 e. The summed E-state index contributed by atoms with van der Waals surface area (Å²) < 4.78 is 3.38. The minimum absolute atomic E-state index is 0.395. The summed E-state index contributed by atoms with van der Waals surface area (Å²) in [4.78, 5) is 19.4. The van der Waals surface area contributed by atoms with E-state index in [9.17, 15) is 4.79 Å². The maximum Gasteiger partial charge on any atom is 0.317 e. The lowest BCUT2D eigenvalue weighted by atomic mass is 10.1. The van der Waals surface area contributed by atoms with Crippen molar-refractivity contribution in [2.45, 2.75) is 13.0 Å². The van der Waals surface area contributed by atoms with Gasteiger partial charge in [-0.15, -0.1) is 0 Å². The second-order valence-electron chi connectivity index (χ2n) is 4.62. The Hall–Kier alpha value is -2.32. The molecule has 0 bridgehead atoms. The number of aryl methyl sites for hydroxylation is 2. The number of anilines is 1. The molecular weight excluding hydrogens is 318 g/mol. The van der Waals surface area contributed by atoms with E-state index in [4.69, 9.17) is 18.0 Å². The summed E-state index contributed by atoms with van der Waals surface area (Å²) in [7, 11) is 0. The number of nitrogens with zero attached hydrogens (tertiary/aromatic N) is 3. The highest BCUT2D eigenvalue weighted by Crippen LogP contribution is 2.27. The van der Waals surface area contributed by atoms with Crippen LogP contribution in [0.5, 0.6) is 0 Å². The first-order valence-corrected chi connectivity index (χ1v) is 7.82. The van der Waals surface area contributed by atoms with Gasteiger partial charge in [0.2, 0.25) is 0 Å². The monoisotopic (exact) mass is 331 g/mol. The molecule has 0 aliphatic carbocycles. The highest BCUT2D eigenvalue weighted by molar-refractivity contribution is 7.73. The van der Waals surface area contributed by atoms with E-state index in [1.165, 1.54) is 23.2 Å². The number of nitrogens with two attached hydrogens (primary N) is 1. The number of urea groups is 1. The maximum absolute atomic E-state index is 11.0. The highest BCUT2D eigenvalue weighted by atomic mass is 32.1. The first-order valence-electron chi connectivity index (χ1n) is 6.60. The summed E-state index contributed by atoms with van der Waals surface area (Å²) in [6.07, 6.45) is 2.25. The van der Waals surface area contributed by atoms with Crippen molar-refractivity contribution in [3.8, 4) is 0 Å². The van der Waals surface area contributed by atoms with Gasteiger partial charge in [0, 0.05) is 6.54 Å². The lowest BCUT2D eigenvalue weighted by molar-refractivity contribution is 0.259. The number of hydrogen-bond acceptors (Lipinski definition) is 5. The van der Waals surface area contributed by atoms with Gasteiger partial charge >= 0.3 is 6.03 Å². The molecular formula is C14H13N5OS2. The van der Waals surface area contributed by atoms with E-state index in [-0.39, 0.29) is 0 Å². The number of rotatable bonds is 4. The third-order valence-electron chi connectivity index (χ3n) is 3.16. The maximum atomic E-state index is 11.0. The minimum atomic E-state index is -0.657. The molecule has 6 nitrogen and oxygen atoms in total. The number of nitrogens with one attached hydrogen (secondary N) is 1. The Kier molecular flexibility index (Phi) is 4.12. The van der Waals surface area contributed by atoms with Gasteiger partial charge in [-0.25, -0.2) is 14.8 Å². The van der Waals surface area contributed by atoms with Gasteiger partial charge in [-0.05, 0) is 24.2 Å². The molecule has 0 atom stereocenters. The molecule has 3 rings (SSSR count). The van der Waals surface area contributed by atoms with E-state index in [0.717, 1.165) is 17.7 Å². The molecule has 3 N–H and O–H groups in total. The number of benzene rings is 1. The number of primary amides is 1. The van der Waals surface area contributed by atoms with Crippen molar-refractivity contribution in [3.63, 3.8) is 0 Å². The molecule has 0 radical (unpaired) electrons. The second-order valence-corrected chi connectivity index (χ2v) is 6.26. The van der Waals surface area contributed by atoms with Gasteiger partial charge in [0.05, 0.1) is 0 Å². The van der Waals surface area contributed by atoms with E-state index in [0.29, 0.717) is 15.4 Å². The Bertz CT molecular complexity index is 872. The molecule has 0 saturated carbocycles. The molecule has 3 aromatic rings. The molecule has 112 valence electrons. The zero-order chi connectivity index (χ0) is 15.5. The highest BCUT2D eigenvalue weighted by Gasteiger charge is 2.12. The smallest absolute Gasteiger partial charge is 0.317 e. The van der Waals surface area contributed by atoms with Gasteiger partial charge in [0.15, 0.2) is 15.4 Å². The molecule has 2 aromatic heterocycles. The van der Waals surface area contributed by atoms with Gasteiger partial charge in [-0.1, -0.05) is 41.7 Å². The minimum Gasteiger partial charge on any atom is -0.351 e. The van der Waals surface area contributed by atoms with Crippen LogP contribution in [0.4, 0.5) is 10.6 Å². The van der Waals surface area contributed by atoms with E-state index in [1.807, 2.05) is 22.8 Å². The summed E-state index contributed by atoms with van der Waals surface area (Å²) in [5.74, 6) is 0.395. The first-order chi connectivity index (χ1) is 10.6. The number of fused-ring (bicyclic) bond motifs is 1. The molecule has 2 heterocycles.